The molecule has 1 aliphatic carbocycles. The molecule has 1 amide bonds. The molecule has 0 aromatic carbocycles. The van der Waals surface area contributed by atoms with Crippen LogP contribution in [0.2, 0.25) is 0 Å². The number of hydrogen-bond donors (Lipinski definition) is 2. The van der Waals surface area contributed by atoms with Crippen molar-refractivity contribution in [1.82, 2.24) is 10.0 Å². The maximum atomic E-state index is 11.9. The molecule has 0 bridgehead atoms. The minimum absolute atomic E-state index is 0.148. The van der Waals surface area contributed by atoms with Crippen LogP contribution in [0.15, 0.2) is 11.6 Å². The van der Waals surface area contributed by atoms with Gasteiger partial charge in [-0.05, 0) is 59.3 Å². The monoisotopic (exact) mass is 328 g/mol. The highest BCUT2D eigenvalue weighted by Gasteiger charge is 2.25. The molecule has 0 radical (unpaired) electrons. The van der Waals surface area contributed by atoms with Gasteiger partial charge in [0.15, 0.2) is 0 Å². The zero-order valence-electron chi connectivity index (χ0n) is 14.5. The molecule has 0 spiro atoms. The Labute approximate surface area is 138 Å². The first-order valence-corrected chi connectivity index (χ1v) is 9.60. The Bertz CT molecular complexity index is 377. The van der Waals surface area contributed by atoms with Crippen molar-refractivity contribution in [1.29, 1.82) is 0 Å². The molecule has 5 heteroatoms. The summed E-state index contributed by atoms with van der Waals surface area (Å²) in [5.41, 5.74) is 1.52. The van der Waals surface area contributed by atoms with E-state index in [0.29, 0.717) is 19.0 Å². The normalized spacial score (nSPS) is 20.4. The minimum Gasteiger partial charge on any atom is -0.598 e. The van der Waals surface area contributed by atoms with Gasteiger partial charge >= 0.3 is 0 Å². The molecule has 0 saturated carbocycles. The van der Waals surface area contributed by atoms with Gasteiger partial charge in [-0.1, -0.05) is 18.6 Å². The van der Waals surface area contributed by atoms with Gasteiger partial charge in [0.05, 0.1) is 0 Å². The molecule has 0 saturated heterocycles. The summed E-state index contributed by atoms with van der Waals surface area (Å²) < 4.78 is 14.6. The van der Waals surface area contributed by atoms with E-state index in [-0.39, 0.29) is 10.7 Å². The first kappa shape index (κ1) is 19.5. The van der Waals surface area contributed by atoms with Gasteiger partial charge in [0.2, 0.25) is 5.91 Å². The van der Waals surface area contributed by atoms with Crippen molar-refractivity contribution in [3.05, 3.63) is 11.6 Å². The van der Waals surface area contributed by atoms with Crippen molar-refractivity contribution < 1.29 is 9.35 Å². The Morgan fingerprint density at radius 3 is 2.68 bits per heavy atom. The van der Waals surface area contributed by atoms with Gasteiger partial charge in [0, 0.05) is 30.4 Å². The van der Waals surface area contributed by atoms with Crippen molar-refractivity contribution >= 4 is 17.3 Å². The number of unbranched alkanes of at least 4 members (excludes halogenated alkanes) is 1. The van der Waals surface area contributed by atoms with Gasteiger partial charge in [-0.25, -0.2) is 0 Å². The third-order valence-electron chi connectivity index (χ3n) is 3.94. The molecule has 0 fully saturated rings. The first-order chi connectivity index (χ1) is 10.3. The lowest BCUT2D eigenvalue weighted by Crippen LogP contribution is -2.39. The molecule has 22 heavy (non-hydrogen) atoms. The maximum absolute atomic E-state index is 11.9. The van der Waals surface area contributed by atoms with Crippen LogP contribution in [0.4, 0.5) is 0 Å². The van der Waals surface area contributed by atoms with E-state index in [1.807, 2.05) is 20.8 Å². The summed E-state index contributed by atoms with van der Waals surface area (Å²) in [4.78, 5) is 11.9. The molecule has 1 unspecified atom stereocenters. The fraction of sp³-hybridized carbons (Fsp3) is 0.824. The SMILES string of the molecule is CCC1=CC[C@@H](NC(=O)CCCCN[S+]([O-])C(C)(C)C)CC1. The predicted octanol–water partition coefficient (Wildman–Crippen LogP) is 3.21. The summed E-state index contributed by atoms with van der Waals surface area (Å²) in [5, 5.41) is 3.12. The second-order valence-corrected chi connectivity index (χ2v) is 9.04. The fourth-order valence-corrected chi connectivity index (χ4v) is 3.20. The van der Waals surface area contributed by atoms with E-state index in [0.717, 1.165) is 38.5 Å². The van der Waals surface area contributed by atoms with Crippen LogP contribution in [0, 0.1) is 0 Å². The smallest absolute Gasteiger partial charge is 0.220 e. The predicted molar refractivity (Wildman–Crippen MR) is 93.9 cm³/mol. The zero-order valence-corrected chi connectivity index (χ0v) is 15.4. The summed E-state index contributed by atoms with van der Waals surface area (Å²) in [5.74, 6) is 0.148. The molecule has 2 atom stereocenters. The summed E-state index contributed by atoms with van der Waals surface area (Å²) in [6.45, 7) is 8.74. The van der Waals surface area contributed by atoms with Crippen LogP contribution in [0.3, 0.4) is 0 Å². The zero-order chi connectivity index (χ0) is 16.6. The Morgan fingerprint density at radius 2 is 2.14 bits per heavy atom. The third kappa shape index (κ3) is 7.65. The molecular weight excluding hydrogens is 296 g/mol. The van der Waals surface area contributed by atoms with Gasteiger partial charge < -0.3 is 9.87 Å². The second-order valence-electron chi connectivity index (χ2n) is 6.99. The highest BCUT2D eigenvalue weighted by atomic mass is 32.2. The van der Waals surface area contributed by atoms with Crippen LogP contribution in [0.1, 0.15) is 72.6 Å². The summed E-state index contributed by atoms with van der Waals surface area (Å²) in [6, 6.07) is 0.314. The minimum atomic E-state index is -1.02. The molecule has 0 aromatic heterocycles. The topological polar surface area (TPSA) is 64.2 Å². The van der Waals surface area contributed by atoms with Crippen molar-refractivity contribution in [2.75, 3.05) is 6.54 Å². The standard InChI is InChI=1S/C17H32N2O2S/c1-5-14-9-11-15(12-10-14)19-16(20)8-6-7-13-18-22(21)17(2,3)4/h9,15,18H,5-8,10-13H2,1-4H3,(H,19,20)/t15-,22?/m1/s1. The quantitative estimate of drug-likeness (QED) is 0.408. The van der Waals surface area contributed by atoms with Crippen molar-refractivity contribution in [2.45, 2.75) is 83.4 Å². The van der Waals surface area contributed by atoms with E-state index >= 15 is 0 Å². The average molecular weight is 329 g/mol. The highest BCUT2D eigenvalue weighted by Crippen LogP contribution is 2.20. The Morgan fingerprint density at radius 1 is 1.41 bits per heavy atom. The number of carbonyl (C=O) groups excluding carboxylic acids is 1. The van der Waals surface area contributed by atoms with Crippen LogP contribution in [-0.4, -0.2) is 27.8 Å². The van der Waals surface area contributed by atoms with Gasteiger partial charge in [-0.3, -0.25) is 4.79 Å². The van der Waals surface area contributed by atoms with E-state index in [4.69, 9.17) is 0 Å². The van der Waals surface area contributed by atoms with E-state index in [9.17, 15) is 9.35 Å². The Hall–Kier alpha value is -0.520. The number of amides is 1. The van der Waals surface area contributed by atoms with Crippen LogP contribution < -0.4 is 10.0 Å². The molecule has 2 N–H and O–H groups in total. The molecule has 128 valence electrons. The lowest BCUT2D eigenvalue weighted by Gasteiger charge is -2.23. The highest BCUT2D eigenvalue weighted by molar-refractivity contribution is 7.90. The van der Waals surface area contributed by atoms with Crippen molar-refractivity contribution in [3.63, 3.8) is 0 Å². The average Bonchev–Trinajstić information content (AvgIpc) is 2.46. The number of allylic oxidation sites excluding steroid dienone is 1. The van der Waals surface area contributed by atoms with E-state index in [1.54, 1.807) is 0 Å². The molecule has 4 nitrogen and oxygen atoms in total. The van der Waals surface area contributed by atoms with Crippen molar-refractivity contribution in [3.8, 4) is 0 Å². The van der Waals surface area contributed by atoms with E-state index < -0.39 is 11.4 Å². The maximum Gasteiger partial charge on any atom is 0.220 e. The molecule has 0 aliphatic heterocycles. The summed E-state index contributed by atoms with van der Waals surface area (Å²) >= 11 is -1.02. The number of carbonyl (C=O) groups is 1. The lowest BCUT2D eigenvalue weighted by molar-refractivity contribution is -0.121. The van der Waals surface area contributed by atoms with Crippen molar-refractivity contribution in [2.24, 2.45) is 0 Å². The molecule has 1 aliphatic rings. The molecular formula is C17H32N2O2S. The lowest BCUT2D eigenvalue weighted by atomic mass is 9.93. The molecule has 0 heterocycles. The Balaban J connectivity index is 2.08. The summed E-state index contributed by atoms with van der Waals surface area (Å²) in [7, 11) is 0. The number of hydrogen-bond acceptors (Lipinski definition) is 3. The van der Waals surface area contributed by atoms with Gasteiger partial charge in [0.25, 0.3) is 0 Å². The molecule has 0 aromatic rings. The van der Waals surface area contributed by atoms with Crippen LogP contribution in [0.5, 0.6) is 0 Å². The number of nitrogens with one attached hydrogen (secondary N) is 2. The second kappa shape index (κ2) is 9.58. The summed E-state index contributed by atoms with van der Waals surface area (Å²) in [6.07, 6.45) is 8.83. The first-order valence-electron chi connectivity index (χ1n) is 8.45. The van der Waals surface area contributed by atoms with Gasteiger partial charge in [0.1, 0.15) is 4.75 Å². The van der Waals surface area contributed by atoms with Gasteiger partial charge in [-0.2, -0.15) is 0 Å². The molecule has 1 rings (SSSR count). The van der Waals surface area contributed by atoms with Crippen LogP contribution in [0.25, 0.3) is 0 Å². The van der Waals surface area contributed by atoms with Gasteiger partial charge in [-0.15, -0.1) is 4.72 Å². The number of rotatable bonds is 8. The van der Waals surface area contributed by atoms with Crippen LogP contribution >= 0.6 is 0 Å². The fourth-order valence-electron chi connectivity index (χ4n) is 2.43. The Kier molecular flexibility index (Phi) is 8.50. The van der Waals surface area contributed by atoms with E-state index in [1.165, 1.54) is 5.57 Å². The largest absolute Gasteiger partial charge is 0.598 e. The van der Waals surface area contributed by atoms with Crippen LogP contribution in [-0.2, 0) is 16.2 Å². The van der Waals surface area contributed by atoms with E-state index in [2.05, 4.69) is 23.0 Å². The third-order valence-corrected chi connectivity index (χ3v) is 5.52.